The summed E-state index contributed by atoms with van der Waals surface area (Å²) < 4.78 is 11.5. The first-order chi connectivity index (χ1) is 16.6. The molecule has 0 rings (SSSR count). The first-order valence-electron chi connectivity index (χ1n) is 14.6. The van der Waals surface area contributed by atoms with Gasteiger partial charge in [-0.05, 0) is 38.5 Å². The van der Waals surface area contributed by atoms with Gasteiger partial charge in [0.05, 0.1) is 6.73 Å². The molecule has 0 radical (unpaired) electrons. The first-order valence-corrected chi connectivity index (χ1v) is 14.6. The second-order valence-corrected chi connectivity index (χ2v) is 9.40. The van der Waals surface area contributed by atoms with Crippen LogP contribution in [0, 0.1) is 0 Å². The number of rotatable bonds is 25. The van der Waals surface area contributed by atoms with E-state index in [1.54, 1.807) is 0 Å². The van der Waals surface area contributed by atoms with Crippen LogP contribution in [0.1, 0.15) is 141 Å². The maximum absolute atomic E-state index is 8.91. The molecular weight excluding hydrogens is 462 g/mol. The third kappa shape index (κ3) is 35.8. The maximum atomic E-state index is 8.91. The summed E-state index contributed by atoms with van der Waals surface area (Å²) in [4.78, 5) is 6.91. The van der Waals surface area contributed by atoms with Gasteiger partial charge in [-0.2, -0.15) is 0 Å². The van der Waals surface area contributed by atoms with Crippen molar-refractivity contribution in [3.05, 3.63) is 0 Å². The Hall–Kier alpha value is -0.240. The van der Waals surface area contributed by atoms with Gasteiger partial charge in [0.1, 0.15) is 20.3 Å². The molecule has 0 aliphatic carbocycles. The van der Waals surface area contributed by atoms with Crippen LogP contribution in [0.2, 0.25) is 0 Å². The predicted octanol–water partition coefficient (Wildman–Crippen LogP) is 8.44. The van der Waals surface area contributed by atoms with Gasteiger partial charge in [-0.15, -0.1) is 0 Å². The lowest BCUT2D eigenvalue weighted by Crippen LogP contribution is -2.31. The molecule has 0 aromatic carbocycles. The Balaban J connectivity index is -0.000000209. The molecule has 0 aromatic heterocycles. The summed E-state index contributed by atoms with van der Waals surface area (Å²) in [6.07, 6.45) is 14.8. The minimum Gasteiger partial charge on any atom is -0.381 e. The fraction of sp³-hybridized carbons (Fsp3) is 1.00. The summed E-state index contributed by atoms with van der Waals surface area (Å²) in [6.45, 7) is 22.0. The molecule has 0 spiro atoms. The Morgan fingerprint density at radius 3 is 0.892 bits per heavy atom. The highest BCUT2D eigenvalue weighted by Gasteiger charge is 2.06. The van der Waals surface area contributed by atoms with Gasteiger partial charge in [0.25, 0.3) is 0 Å². The maximum Gasteiger partial charge on any atom is 0.150 e. The third-order valence-electron chi connectivity index (χ3n) is 5.88. The van der Waals surface area contributed by atoms with Gasteiger partial charge in [0.15, 0.2) is 0 Å². The summed E-state index contributed by atoms with van der Waals surface area (Å²) in [5, 5.41) is 8.91. The fourth-order valence-electron chi connectivity index (χ4n) is 3.42. The minimum absolute atomic E-state index is 0. The quantitative estimate of drug-likeness (QED) is 0.0931. The van der Waals surface area contributed by atoms with E-state index in [0.717, 1.165) is 39.3 Å². The lowest BCUT2D eigenvalue weighted by atomic mass is 10.3. The number of aliphatic hydroxyl groups is 1. The molecule has 0 atom stereocenters. The lowest BCUT2D eigenvalue weighted by molar-refractivity contribution is -0.116. The van der Waals surface area contributed by atoms with E-state index < -0.39 is 0 Å². The molecule has 0 aliphatic heterocycles. The minimum atomic E-state index is 0. The molecule has 0 heterocycles. The highest BCUT2D eigenvalue weighted by Crippen LogP contribution is 2.02. The topological polar surface area (TPSA) is 48.4 Å². The van der Waals surface area contributed by atoms with Crippen LogP contribution in [-0.4, -0.2) is 86.1 Å². The zero-order valence-corrected chi connectivity index (χ0v) is 24.2. The second-order valence-electron chi connectivity index (χ2n) is 9.40. The van der Waals surface area contributed by atoms with Crippen molar-refractivity contribution in [2.75, 3.05) is 66.3 Å². The van der Waals surface area contributed by atoms with E-state index in [2.05, 4.69) is 56.2 Å². The molecule has 232 valence electrons. The molecular formula is C31H75N3O3. The molecule has 37 heavy (non-hydrogen) atoms. The Kier molecular flexibility index (Phi) is 50.7. The van der Waals surface area contributed by atoms with E-state index in [-0.39, 0.29) is 29.0 Å². The molecule has 0 fully saturated rings. The van der Waals surface area contributed by atoms with E-state index in [9.17, 15) is 0 Å². The van der Waals surface area contributed by atoms with E-state index >= 15 is 0 Å². The Morgan fingerprint density at radius 1 is 0.432 bits per heavy atom. The van der Waals surface area contributed by atoms with Crippen molar-refractivity contribution in [1.29, 1.82) is 0 Å². The van der Waals surface area contributed by atoms with Crippen molar-refractivity contribution in [3.63, 3.8) is 0 Å². The number of hydrogen-bond donors (Lipinski definition) is 1. The monoisotopic (exact) mass is 538 g/mol. The molecule has 0 saturated heterocycles. The van der Waals surface area contributed by atoms with E-state index in [1.807, 2.05) is 0 Å². The van der Waals surface area contributed by atoms with Crippen LogP contribution in [0.15, 0.2) is 0 Å². The van der Waals surface area contributed by atoms with Crippen molar-refractivity contribution >= 4 is 0 Å². The fourth-order valence-corrected chi connectivity index (χ4v) is 3.42. The summed E-state index contributed by atoms with van der Waals surface area (Å²) in [7, 11) is 0. The highest BCUT2D eigenvalue weighted by molar-refractivity contribution is 4.54. The van der Waals surface area contributed by atoms with Crippen LogP contribution in [0.5, 0.6) is 0 Å². The smallest absolute Gasteiger partial charge is 0.150 e. The number of unbranched alkanes of at least 4 members (excludes halogenated alkanes) is 6. The van der Waals surface area contributed by atoms with Gasteiger partial charge in [0.2, 0.25) is 0 Å². The van der Waals surface area contributed by atoms with Crippen LogP contribution in [0.4, 0.5) is 0 Å². The Morgan fingerprint density at radius 2 is 0.676 bits per heavy atom. The largest absolute Gasteiger partial charge is 0.381 e. The van der Waals surface area contributed by atoms with Crippen LogP contribution in [0.25, 0.3) is 0 Å². The van der Waals surface area contributed by atoms with Gasteiger partial charge in [0, 0.05) is 39.3 Å². The van der Waals surface area contributed by atoms with E-state index in [0.29, 0.717) is 20.3 Å². The number of hydrogen-bond acceptors (Lipinski definition) is 6. The normalized spacial score (nSPS) is 10.5. The van der Waals surface area contributed by atoms with Crippen molar-refractivity contribution < 1.29 is 14.6 Å². The van der Waals surface area contributed by atoms with Crippen molar-refractivity contribution in [2.24, 2.45) is 0 Å². The van der Waals surface area contributed by atoms with Crippen molar-refractivity contribution in [3.8, 4) is 0 Å². The van der Waals surface area contributed by atoms with Gasteiger partial charge in [-0.3, -0.25) is 14.7 Å². The second kappa shape index (κ2) is 40.3. The number of nitrogens with zero attached hydrogens (tertiary/aromatic N) is 3. The summed E-state index contributed by atoms with van der Waals surface area (Å²) in [5.74, 6) is 0. The molecule has 0 bridgehead atoms. The SMILES string of the molecule is C.C.C.CCCCN(CCCC)COCOCN(CCCC)CCCC.CCCCN(CO)CCCC. The molecule has 0 saturated carbocycles. The van der Waals surface area contributed by atoms with Crippen molar-refractivity contribution in [1.82, 2.24) is 14.7 Å². The standard InChI is InChI=1S/C19H42N2O2.C9H21NO.3CH4/c1-5-9-13-20(14-10-6-2)17-22-19-23-18-21(15-11-7-3)16-12-8-4;1-3-5-7-10(9-11)8-6-4-2;;;/h5-19H2,1-4H3;11H,3-9H2,1-2H3;3*1H4. The van der Waals surface area contributed by atoms with Crippen LogP contribution in [0.3, 0.4) is 0 Å². The zero-order valence-electron chi connectivity index (χ0n) is 24.2. The highest BCUT2D eigenvalue weighted by atomic mass is 16.7. The average Bonchev–Trinajstić information content (AvgIpc) is 2.86. The van der Waals surface area contributed by atoms with Crippen LogP contribution >= 0.6 is 0 Å². The first kappa shape index (κ1) is 46.6. The van der Waals surface area contributed by atoms with E-state index in [1.165, 1.54) is 77.0 Å². The third-order valence-corrected chi connectivity index (χ3v) is 5.88. The van der Waals surface area contributed by atoms with Crippen LogP contribution in [-0.2, 0) is 9.47 Å². The average molecular weight is 538 g/mol. The predicted molar refractivity (Wildman–Crippen MR) is 168 cm³/mol. The zero-order chi connectivity index (χ0) is 25.7. The van der Waals surface area contributed by atoms with Gasteiger partial charge in [-0.1, -0.05) is 102 Å². The summed E-state index contributed by atoms with van der Waals surface area (Å²) >= 11 is 0. The summed E-state index contributed by atoms with van der Waals surface area (Å²) in [5.41, 5.74) is 0. The summed E-state index contributed by atoms with van der Waals surface area (Å²) in [6, 6.07) is 0. The van der Waals surface area contributed by atoms with Gasteiger partial charge < -0.3 is 14.6 Å². The van der Waals surface area contributed by atoms with Gasteiger partial charge >= 0.3 is 0 Å². The van der Waals surface area contributed by atoms with E-state index in [4.69, 9.17) is 14.6 Å². The van der Waals surface area contributed by atoms with Crippen molar-refractivity contribution in [2.45, 2.75) is 141 Å². The lowest BCUT2D eigenvalue weighted by Gasteiger charge is -2.23. The molecule has 0 aromatic rings. The van der Waals surface area contributed by atoms with Gasteiger partial charge in [-0.25, -0.2) is 0 Å². The Labute approximate surface area is 236 Å². The molecule has 6 nitrogen and oxygen atoms in total. The Bertz CT molecular complexity index is 317. The molecule has 6 heteroatoms. The number of aliphatic hydroxyl groups excluding tert-OH is 1. The molecule has 0 unspecified atom stereocenters. The number of ether oxygens (including phenoxy) is 2. The molecule has 0 amide bonds. The molecule has 1 N–H and O–H groups in total. The molecule has 0 aliphatic rings. The van der Waals surface area contributed by atoms with Crippen LogP contribution < -0.4 is 0 Å².